The molecule has 33 heavy (non-hydrogen) atoms. The third-order valence-corrected chi connectivity index (χ3v) is 4.76. The minimum atomic E-state index is -0.596. The second-order valence-corrected chi connectivity index (χ2v) is 7.39. The summed E-state index contributed by atoms with van der Waals surface area (Å²) in [4.78, 5) is 34.3. The van der Waals surface area contributed by atoms with Gasteiger partial charge in [0, 0.05) is 23.4 Å². The molecule has 0 aliphatic rings. The first kappa shape index (κ1) is 23.5. The van der Waals surface area contributed by atoms with E-state index in [2.05, 4.69) is 31.8 Å². The molecule has 0 bridgehead atoms. The number of nitro benzene ring substituents is 1. The van der Waals surface area contributed by atoms with Crippen LogP contribution in [0.5, 0.6) is 5.75 Å². The molecule has 2 amide bonds. The predicted octanol–water partition coefficient (Wildman–Crippen LogP) is 4.28. The molecule has 0 atom stereocenters. The summed E-state index contributed by atoms with van der Waals surface area (Å²) >= 11 is 3.34. The smallest absolute Gasteiger partial charge is 0.271 e. The maximum atomic E-state index is 12.9. The third kappa shape index (κ3) is 6.94. The second kappa shape index (κ2) is 11.0. The summed E-state index contributed by atoms with van der Waals surface area (Å²) in [5.74, 6) is -1.01. The van der Waals surface area contributed by atoms with Gasteiger partial charge in [-0.1, -0.05) is 6.07 Å². The summed E-state index contributed by atoms with van der Waals surface area (Å²) in [6, 6.07) is 15.6. The highest BCUT2D eigenvalue weighted by Crippen LogP contribution is 2.25. The highest BCUT2D eigenvalue weighted by molar-refractivity contribution is 9.10. The number of nitrogens with one attached hydrogen (secondary N) is 2. The van der Waals surface area contributed by atoms with Crippen molar-refractivity contribution in [2.45, 2.75) is 0 Å². The molecule has 9 nitrogen and oxygen atoms in total. The number of carbonyl (C=O) groups excluding carboxylic acids is 2. The molecule has 0 aliphatic heterocycles. The van der Waals surface area contributed by atoms with Crippen molar-refractivity contribution in [2.24, 2.45) is 5.10 Å². The molecule has 3 aromatic carbocycles. The van der Waals surface area contributed by atoms with Crippen molar-refractivity contribution in [1.29, 1.82) is 0 Å². The van der Waals surface area contributed by atoms with Gasteiger partial charge in [-0.25, -0.2) is 9.82 Å². The number of hydrazone groups is 1. The first-order valence-electron chi connectivity index (χ1n) is 9.37. The Morgan fingerprint density at radius 2 is 1.88 bits per heavy atom. The lowest BCUT2D eigenvalue weighted by molar-refractivity contribution is -0.384. The number of benzene rings is 3. The Hall–Kier alpha value is -4.12. The number of ether oxygens (including phenoxy) is 1. The molecule has 0 aliphatic carbocycles. The molecular weight excluding hydrogens is 499 g/mol. The van der Waals surface area contributed by atoms with Crippen LogP contribution in [-0.4, -0.2) is 29.6 Å². The van der Waals surface area contributed by atoms with Crippen LogP contribution < -0.4 is 15.5 Å². The van der Waals surface area contributed by atoms with E-state index in [1.807, 2.05) is 0 Å². The number of nitro groups is 1. The Kier molecular flexibility index (Phi) is 7.82. The average molecular weight is 515 g/mol. The molecule has 11 heteroatoms. The molecule has 0 aromatic heterocycles. The predicted molar refractivity (Wildman–Crippen MR) is 123 cm³/mol. The number of halogens is 2. The van der Waals surface area contributed by atoms with Crippen molar-refractivity contribution in [1.82, 2.24) is 5.43 Å². The fourth-order valence-electron chi connectivity index (χ4n) is 2.58. The standard InChI is InChI=1S/C22H16BrFN4O5/c23-19-10-14(12-25-27-22(30)15-2-1-3-18(11-15)28(31)32)4-9-20(19)33-13-21(29)26-17-7-5-16(24)6-8-17/h1-12H,13H2,(H,26,29)(H,27,30)/b25-12+. The lowest BCUT2D eigenvalue weighted by Gasteiger charge is -2.09. The zero-order valence-corrected chi connectivity index (χ0v) is 18.4. The van der Waals surface area contributed by atoms with Crippen LogP contribution in [0.1, 0.15) is 15.9 Å². The molecule has 0 saturated carbocycles. The molecule has 3 aromatic rings. The Bertz CT molecular complexity index is 1220. The number of non-ortho nitro benzene ring substituents is 1. The molecule has 0 spiro atoms. The molecule has 0 heterocycles. The van der Waals surface area contributed by atoms with Crippen molar-refractivity contribution in [3.63, 3.8) is 0 Å². The van der Waals surface area contributed by atoms with Crippen molar-refractivity contribution in [3.05, 3.63) is 98.3 Å². The van der Waals surface area contributed by atoms with Crippen LogP contribution in [0.4, 0.5) is 15.8 Å². The number of anilines is 1. The summed E-state index contributed by atoms with van der Waals surface area (Å²) in [5.41, 5.74) is 3.27. The van der Waals surface area contributed by atoms with Crippen LogP contribution in [0.25, 0.3) is 0 Å². The van der Waals surface area contributed by atoms with Gasteiger partial charge < -0.3 is 10.1 Å². The Balaban J connectivity index is 1.53. The monoisotopic (exact) mass is 514 g/mol. The Labute approximate surface area is 195 Å². The van der Waals surface area contributed by atoms with Gasteiger partial charge in [-0.3, -0.25) is 19.7 Å². The minimum absolute atomic E-state index is 0.102. The number of carbonyl (C=O) groups is 2. The van der Waals surface area contributed by atoms with Crippen LogP contribution in [0, 0.1) is 15.9 Å². The summed E-state index contributed by atoms with van der Waals surface area (Å²) in [7, 11) is 0. The van der Waals surface area contributed by atoms with E-state index >= 15 is 0 Å². The highest BCUT2D eigenvalue weighted by Gasteiger charge is 2.11. The molecule has 0 saturated heterocycles. The van der Waals surface area contributed by atoms with Gasteiger partial charge in [0.15, 0.2) is 6.61 Å². The van der Waals surface area contributed by atoms with Crippen molar-refractivity contribution in [3.8, 4) is 5.75 Å². The first-order valence-corrected chi connectivity index (χ1v) is 10.2. The fourth-order valence-corrected chi connectivity index (χ4v) is 3.09. The molecule has 0 unspecified atom stereocenters. The van der Waals surface area contributed by atoms with E-state index < -0.39 is 22.6 Å². The van der Waals surface area contributed by atoms with Gasteiger partial charge in [-0.15, -0.1) is 0 Å². The van der Waals surface area contributed by atoms with E-state index in [4.69, 9.17) is 4.74 Å². The maximum absolute atomic E-state index is 12.9. The van der Waals surface area contributed by atoms with Gasteiger partial charge in [0.25, 0.3) is 17.5 Å². The van der Waals surface area contributed by atoms with Gasteiger partial charge >= 0.3 is 0 Å². The minimum Gasteiger partial charge on any atom is -0.483 e. The Morgan fingerprint density at radius 3 is 2.58 bits per heavy atom. The van der Waals surface area contributed by atoms with Gasteiger partial charge in [-0.2, -0.15) is 5.10 Å². The lowest BCUT2D eigenvalue weighted by atomic mass is 10.2. The van der Waals surface area contributed by atoms with E-state index in [-0.39, 0.29) is 17.9 Å². The van der Waals surface area contributed by atoms with Gasteiger partial charge in [0.1, 0.15) is 11.6 Å². The molecular formula is C22H16BrFN4O5. The normalized spacial score (nSPS) is 10.6. The number of rotatable bonds is 8. The SMILES string of the molecule is O=C(COc1ccc(/C=N/NC(=O)c2cccc([N+](=O)[O-])c2)cc1Br)Nc1ccc(F)cc1. The second-order valence-electron chi connectivity index (χ2n) is 6.54. The van der Waals surface area contributed by atoms with E-state index in [9.17, 15) is 24.1 Å². The van der Waals surface area contributed by atoms with Crippen molar-refractivity contribution in [2.75, 3.05) is 11.9 Å². The summed E-state index contributed by atoms with van der Waals surface area (Å²) < 4.78 is 18.9. The van der Waals surface area contributed by atoms with Gasteiger partial charge in [-0.05, 0) is 70.0 Å². The van der Waals surface area contributed by atoms with Gasteiger partial charge in [0.05, 0.1) is 15.6 Å². The summed E-state index contributed by atoms with van der Waals surface area (Å²) in [5, 5.41) is 17.2. The van der Waals surface area contributed by atoms with E-state index in [1.165, 1.54) is 48.7 Å². The summed E-state index contributed by atoms with van der Waals surface area (Å²) in [6.07, 6.45) is 1.38. The third-order valence-electron chi connectivity index (χ3n) is 4.14. The topological polar surface area (TPSA) is 123 Å². The molecule has 3 rings (SSSR count). The largest absolute Gasteiger partial charge is 0.483 e. The molecule has 0 fully saturated rings. The average Bonchev–Trinajstić information content (AvgIpc) is 2.80. The molecule has 2 N–H and O–H groups in total. The van der Waals surface area contributed by atoms with Crippen LogP contribution >= 0.6 is 15.9 Å². The Morgan fingerprint density at radius 1 is 1.12 bits per heavy atom. The number of hydrogen-bond donors (Lipinski definition) is 2. The van der Waals surface area contributed by atoms with Crippen molar-refractivity contribution >= 4 is 45.3 Å². The van der Waals surface area contributed by atoms with Crippen LogP contribution in [-0.2, 0) is 4.79 Å². The van der Waals surface area contributed by atoms with Crippen molar-refractivity contribution < 1.29 is 23.6 Å². The zero-order chi connectivity index (χ0) is 23.8. The highest BCUT2D eigenvalue weighted by atomic mass is 79.9. The number of hydrogen-bond acceptors (Lipinski definition) is 6. The summed E-state index contributed by atoms with van der Waals surface area (Å²) in [6.45, 7) is -0.261. The van der Waals surface area contributed by atoms with E-state index in [0.717, 1.165) is 6.07 Å². The van der Waals surface area contributed by atoms with Gasteiger partial charge in [0.2, 0.25) is 0 Å². The zero-order valence-electron chi connectivity index (χ0n) is 16.8. The van der Waals surface area contributed by atoms with E-state index in [0.29, 0.717) is 21.5 Å². The fraction of sp³-hybridized carbons (Fsp3) is 0.0455. The number of nitrogens with zero attached hydrogens (tertiary/aromatic N) is 2. The molecule has 0 radical (unpaired) electrons. The van der Waals surface area contributed by atoms with Crippen LogP contribution in [0.2, 0.25) is 0 Å². The lowest BCUT2D eigenvalue weighted by Crippen LogP contribution is -2.20. The quantitative estimate of drug-likeness (QED) is 0.264. The maximum Gasteiger partial charge on any atom is 0.271 e. The van der Waals surface area contributed by atoms with Crippen LogP contribution in [0.15, 0.2) is 76.3 Å². The van der Waals surface area contributed by atoms with E-state index in [1.54, 1.807) is 18.2 Å². The molecule has 168 valence electrons. The number of amides is 2. The first-order chi connectivity index (χ1) is 15.8. The van der Waals surface area contributed by atoms with Crippen LogP contribution in [0.3, 0.4) is 0 Å².